The predicted octanol–water partition coefficient (Wildman–Crippen LogP) is 0.424. The molecule has 0 aliphatic rings. The summed E-state index contributed by atoms with van der Waals surface area (Å²) in [5.74, 6) is 2.30. The normalized spacial score (nSPS) is 10.9. The van der Waals surface area contributed by atoms with Crippen molar-refractivity contribution in [2.75, 3.05) is 6.26 Å². The summed E-state index contributed by atoms with van der Waals surface area (Å²) in [5, 5.41) is -0.204. The van der Waals surface area contributed by atoms with E-state index < -0.39 is 9.84 Å². The summed E-state index contributed by atoms with van der Waals surface area (Å²) < 4.78 is 22.4. The van der Waals surface area contributed by atoms with E-state index in [0.717, 1.165) is 6.26 Å². The largest absolute Gasteiger partial charge is 0.248 e. The van der Waals surface area contributed by atoms with Crippen LogP contribution < -0.4 is 0 Å². The molecule has 0 radical (unpaired) electrons. The number of terminal acetylenes is 1. The van der Waals surface area contributed by atoms with Crippen LogP contribution in [0.4, 0.5) is 0 Å². The number of rotatable bonds is 2. The molecule has 0 bridgehead atoms. The van der Waals surface area contributed by atoms with Crippen LogP contribution >= 0.6 is 0 Å². The van der Waals surface area contributed by atoms with E-state index in [1.807, 2.05) is 6.92 Å². The second kappa shape index (κ2) is 3.76. The van der Waals surface area contributed by atoms with Gasteiger partial charge in [0.25, 0.3) is 0 Å². The first-order valence-corrected chi connectivity index (χ1v) is 5.91. The molecule has 0 aliphatic carbocycles. The van der Waals surface area contributed by atoms with E-state index >= 15 is 0 Å². The van der Waals surface area contributed by atoms with Crippen molar-refractivity contribution in [1.29, 1.82) is 0 Å². The lowest BCUT2D eigenvalue weighted by molar-refractivity contribution is 0.591. The van der Waals surface area contributed by atoms with E-state index in [1.54, 1.807) is 6.07 Å². The minimum Gasteiger partial charge on any atom is -0.223 e. The van der Waals surface area contributed by atoms with Crippen molar-refractivity contribution >= 4 is 9.84 Å². The van der Waals surface area contributed by atoms with Gasteiger partial charge < -0.3 is 0 Å². The molecule has 1 aromatic heterocycles. The van der Waals surface area contributed by atoms with Crippen LogP contribution in [0.3, 0.4) is 0 Å². The van der Waals surface area contributed by atoms with E-state index in [4.69, 9.17) is 6.42 Å². The fourth-order valence-corrected chi connectivity index (χ4v) is 1.44. The molecule has 0 aromatic carbocycles. The molecule has 5 heteroatoms. The van der Waals surface area contributed by atoms with Crippen molar-refractivity contribution in [1.82, 2.24) is 9.97 Å². The third kappa shape index (κ3) is 2.30. The van der Waals surface area contributed by atoms with Crippen LogP contribution in [-0.2, 0) is 16.3 Å². The summed E-state index contributed by atoms with van der Waals surface area (Å²) in [6.45, 7) is 1.87. The molecular weight excluding hydrogens is 200 g/mol. The van der Waals surface area contributed by atoms with Gasteiger partial charge in [0.2, 0.25) is 15.0 Å². The lowest BCUT2D eigenvalue weighted by Gasteiger charge is -2.01. The maximum Gasteiger partial charge on any atom is 0.248 e. The van der Waals surface area contributed by atoms with Gasteiger partial charge in [-0.1, -0.05) is 12.8 Å². The molecule has 0 atom stereocenters. The minimum absolute atomic E-state index is 0.204. The van der Waals surface area contributed by atoms with Crippen LogP contribution in [-0.4, -0.2) is 24.6 Å². The highest BCUT2D eigenvalue weighted by molar-refractivity contribution is 7.90. The van der Waals surface area contributed by atoms with E-state index in [1.165, 1.54) is 0 Å². The fraction of sp³-hybridized carbons (Fsp3) is 0.333. The molecule has 0 spiro atoms. The van der Waals surface area contributed by atoms with Crippen molar-refractivity contribution in [3.05, 3.63) is 17.5 Å². The average molecular weight is 210 g/mol. The molecule has 1 heterocycles. The molecule has 0 N–H and O–H groups in total. The van der Waals surface area contributed by atoms with Crippen LogP contribution in [0, 0.1) is 12.3 Å². The zero-order chi connectivity index (χ0) is 10.8. The molecule has 0 fully saturated rings. The molecule has 0 saturated heterocycles. The summed E-state index contributed by atoms with van der Waals surface area (Å²) in [6.07, 6.45) is 6.83. The zero-order valence-corrected chi connectivity index (χ0v) is 8.80. The molecule has 0 amide bonds. The van der Waals surface area contributed by atoms with Crippen LogP contribution in [0.5, 0.6) is 0 Å². The molecule has 0 unspecified atom stereocenters. The van der Waals surface area contributed by atoms with Gasteiger partial charge in [0, 0.05) is 11.9 Å². The Morgan fingerprint density at radius 1 is 1.50 bits per heavy atom. The Morgan fingerprint density at radius 3 is 2.57 bits per heavy atom. The van der Waals surface area contributed by atoms with Gasteiger partial charge in [-0.15, -0.1) is 6.42 Å². The zero-order valence-electron chi connectivity index (χ0n) is 7.98. The standard InChI is InChI=1S/C9H10N2O2S/c1-4-7-6-8(5-2)11-9(10-7)14(3,12)13/h1,6H,5H2,2-3H3. The van der Waals surface area contributed by atoms with Gasteiger partial charge in [0.05, 0.1) is 0 Å². The molecule has 0 saturated carbocycles. The topological polar surface area (TPSA) is 59.9 Å². The molecule has 74 valence electrons. The van der Waals surface area contributed by atoms with Crippen molar-refractivity contribution in [2.45, 2.75) is 18.5 Å². The third-order valence-corrected chi connectivity index (χ3v) is 2.45. The molecule has 1 aromatic rings. The van der Waals surface area contributed by atoms with Gasteiger partial charge in [-0.3, -0.25) is 0 Å². The quantitative estimate of drug-likeness (QED) is 0.524. The van der Waals surface area contributed by atoms with Gasteiger partial charge in [-0.05, 0) is 12.5 Å². The Hall–Kier alpha value is -1.41. The van der Waals surface area contributed by atoms with Crippen molar-refractivity contribution in [2.24, 2.45) is 0 Å². The van der Waals surface area contributed by atoms with E-state index in [2.05, 4.69) is 15.9 Å². The number of hydrogen-bond donors (Lipinski definition) is 0. The lowest BCUT2D eigenvalue weighted by atomic mass is 10.3. The first kappa shape index (κ1) is 10.7. The first-order chi connectivity index (χ1) is 6.47. The highest BCUT2D eigenvalue weighted by Gasteiger charge is 2.12. The summed E-state index contributed by atoms with van der Waals surface area (Å²) in [5.41, 5.74) is 0.936. The fourth-order valence-electron chi connectivity index (χ4n) is 0.894. The summed E-state index contributed by atoms with van der Waals surface area (Å²) in [4.78, 5) is 7.61. The highest BCUT2D eigenvalue weighted by atomic mass is 32.2. The smallest absolute Gasteiger partial charge is 0.223 e. The second-order valence-corrected chi connectivity index (χ2v) is 4.71. The van der Waals surface area contributed by atoms with Crippen molar-refractivity contribution in [3.63, 3.8) is 0 Å². The Balaban J connectivity index is 3.41. The van der Waals surface area contributed by atoms with Crippen LogP contribution in [0.1, 0.15) is 18.3 Å². The number of sulfone groups is 1. The lowest BCUT2D eigenvalue weighted by Crippen LogP contribution is -2.07. The monoisotopic (exact) mass is 210 g/mol. The second-order valence-electron chi connectivity index (χ2n) is 2.80. The number of hydrogen-bond acceptors (Lipinski definition) is 4. The summed E-state index contributed by atoms with van der Waals surface area (Å²) >= 11 is 0. The minimum atomic E-state index is -3.39. The van der Waals surface area contributed by atoms with Gasteiger partial charge in [-0.2, -0.15) is 0 Å². The molecule has 0 aliphatic heterocycles. The maximum absolute atomic E-state index is 11.2. The third-order valence-electron chi connectivity index (χ3n) is 1.60. The Labute approximate surface area is 83.3 Å². The number of nitrogens with zero attached hydrogens (tertiary/aromatic N) is 2. The molecular formula is C9H10N2O2S. The first-order valence-electron chi connectivity index (χ1n) is 4.02. The van der Waals surface area contributed by atoms with E-state index in [0.29, 0.717) is 17.8 Å². The van der Waals surface area contributed by atoms with Gasteiger partial charge in [-0.25, -0.2) is 18.4 Å². The SMILES string of the molecule is C#Cc1cc(CC)nc(S(C)(=O)=O)n1. The number of aryl methyl sites for hydroxylation is 1. The van der Waals surface area contributed by atoms with Crippen LogP contribution in [0.2, 0.25) is 0 Å². The Morgan fingerprint density at radius 2 is 2.14 bits per heavy atom. The summed E-state index contributed by atoms with van der Waals surface area (Å²) in [6, 6.07) is 1.61. The van der Waals surface area contributed by atoms with Crippen LogP contribution in [0.25, 0.3) is 0 Å². The van der Waals surface area contributed by atoms with E-state index in [-0.39, 0.29) is 5.16 Å². The maximum atomic E-state index is 11.2. The predicted molar refractivity (Wildman–Crippen MR) is 52.5 cm³/mol. The summed E-state index contributed by atoms with van der Waals surface area (Å²) in [7, 11) is -3.39. The Bertz CT molecular complexity index is 486. The molecule has 14 heavy (non-hydrogen) atoms. The van der Waals surface area contributed by atoms with Gasteiger partial charge in [0.15, 0.2) is 0 Å². The highest BCUT2D eigenvalue weighted by Crippen LogP contribution is 2.06. The van der Waals surface area contributed by atoms with Crippen molar-refractivity contribution < 1.29 is 8.42 Å². The van der Waals surface area contributed by atoms with Crippen LogP contribution in [0.15, 0.2) is 11.2 Å². The van der Waals surface area contributed by atoms with Gasteiger partial charge in [0.1, 0.15) is 5.69 Å². The van der Waals surface area contributed by atoms with Gasteiger partial charge >= 0.3 is 0 Å². The Kier molecular flexibility index (Phi) is 2.87. The van der Waals surface area contributed by atoms with Crippen molar-refractivity contribution in [3.8, 4) is 12.3 Å². The molecule has 4 nitrogen and oxygen atoms in total. The average Bonchev–Trinajstić information content (AvgIpc) is 2.15. The number of aromatic nitrogens is 2. The molecule has 1 rings (SSSR count). The van der Waals surface area contributed by atoms with E-state index in [9.17, 15) is 8.42 Å².